The highest BCUT2D eigenvalue weighted by atomic mass is 16.5. The quantitative estimate of drug-likeness (QED) is 0.778. The van der Waals surface area contributed by atoms with Crippen molar-refractivity contribution >= 4 is 16.7 Å². The minimum atomic E-state index is -0.245. The van der Waals surface area contributed by atoms with Gasteiger partial charge in [0.1, 0.15) is 5.69 Å². The maximum atomic E-state index is 13.1. The van der Waals surface area contributed by atoms with Crippen LogP contribution in [-0.4, -0.2) is 40.1 Å². The number of rotatable bonds is 2. The molecule has 1 fully saturated rings. The average molecular weight is 337 g/mol. The van der Waals surface area contributed by atoms with E-state index in [-0.39, 0.29) is 17.5 Å². The van der Waals surface area contributed by atoms with E-state index < -0.39 is 0 Å². The zero-order chi connectivity index (χ0) is 17.4. The second kappa shape index (κ2) is 6.22. The van der Waals surface area contributed by atoms with Crippen molar-refractivity contribution in [2.24, 2.45) is 7.05 Å². The highest BCUT2D eigenvalue weighted by Gasteiger charge is 2.31. The molecule has 25 heavy (non-hydrogen) atoms. The lowest BCUT2D eigenvalue weighted by molar-refractivity contribution is -0.00494. The molecule has 4 rings (SSSR count). The van der Waals surface area contributed by atoms with Crippen LogP contribution in [0, 0.1) is 0 Å². The molecule has 0 radical (unpaired) electrons. The maximum Gasteiger partial charge on any atom is 0.271 e. The molecule has 2 aromatic heterocycles. The van der Waals surface area contributed by atoms with Gasteiger partial charge in [-0.2, -0.15) is 0 Å². The zero-order valence-electron chi connectivity index (χ0n) is 13.9. The number of morpholine rings is 1. The normalized spacial score (nSPS) is 17.8. The van der Waals surface area contributed by atoms with Gasteiger partial charge in [0.25, 0.3) is 11.5 Å². The van der Waals surface area contributed by atoms with Gasteiger partial charge in [0.2, 0.25) is 0 Å². The van der Waals surface area contributed by atoms with Gasteiger partial charge in [0.05, 0.1) is 19.3 Å². The summed E-state index contributed by atoms with van der Waals surface area (Å²) in [5, 5.41) is 1.35. The summed E-state index contributed by atoms with van der Waals surface area (Å²) < 4.78 is 7.58. The van der Waals surface area contributed by atoms with Crippen LogP contribution >= 0.6 is 0 Å². The number of aromatic nitrogens is 2. The number of nitrogens with zero attached hydrogens (tertiary/aromatic N) is 2. The third kappa shape index (κ3) is 2.74. The number of ether oxygens (including phenoxy) is 1. The predicted molar refractivity (Wildman–Crippen MR) is 94.6 cm³/mol. The minimum Gasteiger partial charge on any atom is -0.377 e. The Morgan fingerprint density at radius 2 is 2.08 bits per heavy atom. The number of pyridine rings is 1. The molecule has 1 aliphatic rings. The van der Waals surface area contributed by atoms with Crippen molar-refractivity contribution in [3.8, 4) is 0 Å². The van der Waals surface area contributed by atoms with Gasteiger partial charge in [-0.3, -0.25) is 9.59 Å². The summed E-state index contributed by atoms with van der Waals surface area (Å²) >= 11 is 0. The van der Waals surface area contributed by atoms with Crippen molar-refractivity contribution in [1.82, 2.24) is 14.5 Å². The Morgan fingerprint density at radius 3 is 2.88 bits per heavy atom. The van der Waals surface area contributed by atoms with E-state index in [0.717, 1.165) is 11.1 Å². The third-order valence-electron chi connectivity index (χ3n) is 4.70. The van der Waals surface area contributed by atoms with E-state index >= 15 is 0 Å². The molecule has 1 aliphatic heterocycles. The Balaban J connectivity index is 1.74. The van der Waals surface area contributed by atoms with Crippen molar-refractivity contribution in [3.63, 3.8) is 0 Å². The molecule has 128 valence electrons. The Kier molecular flexibility index (Phi) is 3.89. The Hall–Kier alpha value is -2.86. The SMILES string of the molecule is Cn1cccc1[C@H]1COCCN1C(=O)c1cc2ccccc2c(=O)[nH]1. The number of amides is 1. The fraction of sp³-hybridized carbons (Fsp3) is 0.263. The largest absolute Gasteiger partial charge is 0.377 e. The van der Waals surface area contributed by atoms with Gasteiger partial charge < -0.3 is 19.2 Å². The number of carbonyl (C=O) groups is 1. The minimum absolute atomic E-state index is 0.170. The van der Waals surface area contributed by atoms with Crippen LogP contribution in [-0.2, 0) is 11.8 Å². The van der Waals surface area contributed by atoms with Crippen LogP contribution in [0.3, 0.4) is 0 Å². The maximum absolute atomic E-state index is 13.1. The topological polar surface area (TPSA) is 67.3 Å². The molecule has 1 amide bonds. The summed E-state index contributed by atoms with van der Waals surface area (Å²) in [5.41, 5.74) is 1.08. The van der Waals surface area contributed by atoms with E-state index in [1.165, 1.54) is 0 Å². The Morgan fingerprint density at radius 1 is 1.24 bits per heavy atom. The number of nitrogens with one attached hydrogen (secondary N) is 1. The van der Waals surface area contributed by atoms with E-state index in [4.69, 9.17) is 4.74 Å². The number of aryl methyl sites for hydroxylation is 1. The Bertz CT molecular complexity index is 989. The van der Waals surface area contributed by atoms with E-state index in [0.29, 0.717) is 30.8 Å². The lowest BCUT2D eigenvalue weighted by atomic mass is 10.1. The van der Waals surface area contributed by atoms with Crippen molar-refractivity contribution in [3.05, 3.63) is 70.4 Å². The molecule has 0 saturated carbocycles. The van der Waals surface area contributed by atoms with Gasteiger partial charge in [-0.1, -0.05) is 18.2 Å². The summed E-state index contributed by atoms with van der Waals surface area (Å²) in [7, 11) is 1.95. The summed E-state index contributed by atoms with van der Waals surface area (Å²) in [4.78, 5) is 29.9. The van der Waals surface area contributed by atoms with Crippen LogP contribution in [0.4, 0.5) is 0 Å². The average Bonchev–Trinajstić information content (AvgIpc) is 3.07. The van der Waals surface area contributed by atoms with Crippen LogP contribution in [0.15, 0.2) is 53.5 Å². The van der Waals surface area contributed by atoms with Gasteiger partial charge in [-0.05, 0) is 29.7 Å². The van der Waals surface area contributed by atoms with Gasteiger partial charge in [0.15, 0.2) is 0 Å². The molecule has 3 aromatic rings. The van der Waals surface area contributed by atoms with E-state index in [1.807, 2.05) is 48.1 Å². The molecule has 0 aliphatic carbocycles. The summed E-state index contributed by atoms with van der Waals surface area (Å²) in [5.74, 6) is -0.183. The van der Waals surface area contributed by atoms with Crippen LogP contribution in [0.1, 0.15) is 22.2 Å². The predicted octanol–water partition coefficient (Wildman–Crippen LogP) is 2.08. The molecule has 1 aromatic carbocycles. The smallest absolute Gasteiger partial charge is 0.271 e. The van der Waals surface area contributed by atoms with Crippen LogP contribution < -0.4 is 5.56 Å². The molecule has 1 saturated heterocycles. The standard InChI is InChI=1S/C19H19N3O3/c1-21-8-4-7-16(21)17-12-25-10-9-22(17)19(24)15-11-13-5-2-3-6-14(13)18(23)20-15/h2-8,11,17H,9-10,12H2,1H3,(H,20,23)/t17-/m1/s1. The highest BCUT2D eigenvalue weighted by molar-refractivity contribution is 5.96. The highest BCUT2D eigenvalue weighted by Crippen LogP contribution is 2.26. The molecule has 0 spiro atoms. The molecule has 1 atom stereocenters. The van der Waals surface area contributed by atoms with Crippen LogP contribution in [0.5, 0.6) is 0 Å². The first-order valence-electron chi connectivity index (χ1n) is 8.27. The van der Waals surface area contributed by atoms with Crippen LogP contribution in [0.25, 0.3) is 10.8 Å². The number of aromatic amines is 1. The number of carbonyl (C=O) groups excluding carboxylic acids is 1. The van der Waals surface area contributed by atoms with Crippen molar-refractivity contribution in [2.45, 2.75) is 6.04 Å². The molecular weight excluding hydrogens is 318 g/mol. The molecular formula is C19H19N3O3. The summed E-state index contributed by atoms with van der Waals surface area (Å²) in [6.07, 6.45) is 1.95. The van der Waals surface area contributed by atoms with E-state index in [2.05, 4.69) is 4.98 Å². The molecule has 3 heterocycles. The second-order valence-electron chi connectivity index (χ2n) is 6.23. The fourth-order valence-corrected chi connectivity index (χ4v) is 3.39. The number of fused-ring (bicyclic) bond motifs is 1. The lowest BCUT2D eigenvalue weighted by Crippen LogP contribution is -2.44. The van der Waals surface area contributed by atoms with Crippen LogP contribution in [0.2, 0.25) is 0 Å². The third-order valence-corrected chi connectivity index (χ3v) is 4.70. The molecule has 0 unspecified atom stereocenters. The number of benzene rings is 1. The van der Waals surface area contributed by atoms with E-state index in [1.54, 1.807) is 17.0 Å². The van der Waals surface area contributed by atoms with Crippen molar-refractivity contribution < 1.29 is 9.53 Å². The zero-order valence-corrected chi connectivity index (χ0v) is 13.9. The van der Waals surface area contributed by atoms with Gasteiger partial charge in [0, 0.05) is 30.9 Å². The second-order valence-corrected chi connectivity index (χ2v) is 6.23. The molecule has 6 nitrogen and oxygen atoms in total. The summed E-state index contributed by atoms with van der Waals surface area (Å²) in [6.45, 7) is 1.43. The number of H-pyrrole nitrogens is 1. The first kappa shape index (κ1) is 15.7. The number of hydrogen-bond donors (Lipinski definition) is 1. The molecule has 1 N–H and O–H groups in total. The first-order valence-corrected chi connectivity index (χ1v) is 8.27. The summed E-state index contributed by atoms with van der Waals surface area (Å²) in [6, 6.07) is 12.8. The van der Waals surface area contributed by atoms with Crippen molar-refractivity contribution in [2.75, 3.05) is 19.8 Å². The monoisotopic (exact) mass is 337 g/mol. The fourth-order valence-electron chi connectivity index (χ4n) is 3.39. The molecule has 0 bridgehead atoms. The van der Waals surface area contributed by atoms with Crippen molar-refractivity contribution in [1.29, 1.82) is 0 Å². The number of hydrogen-bond acceptors (Lipinski definition) is 3. The van der Waals surface area contributed by atoms with Gasteiger partial charge in [-0.25, -0.2) is 0 Å². The van der Waals surface area contributed by atoms with Gasteiger partial charge >= 0.3 is 0 Å². The first-order chi connectivity index (χ1) is 12.1. The van der Waals surface area contributed by atoms with Gasteiger partial charge in [-0.15, -0.1) is 0 Å². The lowest BCUT2D eigenvalue weighted by Gasteiger charge is -2.35. The Labute approximate surface area is 144 Å². The van der Waals surface area contributed by atoms with E-state index in [9.17, 15) is 9.59 Å². The molecule has 6 heteroatoms.